The summed E-state index contributed by atoms with van der Waals surface area (Å²) in [5.41, 5.74) is 6.63. The maximum absolute atomic E-state index is 5.26. The minimum absolute atomic E-state index is 0.817. The summed E-state index contributed by atoms with van der Waals surface area (Å²) in [7, 11) is 1.68. The Labute approximate surface area is 183 Å². The van der Waals surface area contributed by atoms with E-state index in [1.165, 1.54) is 24.1 Å². The summed E-state index contributed by atoms with van der Waals surface area (Å²) in [6.45, 7) is 3.56. The molecule has 0 spiro atoms. The fourth-order valence-electron chi connectivity index (χ4n) is 4.25. The van der Waals surface area contributed by atoms with Crippen molar-refractivity contribution in [2.75, 3.05) is 20.2 Å². The average Bonchev–Trinajstić information content (AvgIpc) is 2.84. The Kier molecular flexibility index (Phi) is 5.71. The van der Waals surface area contributed by atoms with Gasteiger partial charge >= 0.3 is 0 Å². The monoisotopic (exact) mass is 413 g/mol. The second-order valence-corrected chi connectivity index (χ2v) is 8.15. The van der Waals surface area contributed by atoms with Gasteiger partial charge in [-0.2, -0.15) is 0 Å². The largest absolute Gasteiger partial charge is 0.497 e. The fourth-order valence-corrected chi connectivity index (χ4v) is 4.25. The lowest BCUT2D eigenvalue weighted by Crippen LogP contribution is -2.31. The molecule has 0 N–H and O–H groups in total. The van der Waals surface area contributed by atoms with Gasteiger partial charge in [0.2, 0.25) is 0 Å². The molecule has 0 amide bonds. The summed E-state index contributed by atoms with van der Waals surface area (Å²) >= 11 is 0. The Bertz CT molecular complexity index is 1090. The number of pyridine rings is 1. The van der Waals surface area contributed by atoms with Gasteiger partial charge in [0.15, 0.2) is 5.82 Å². The van der Waals surface area contributed by atoms with Gasteiger partial charge in [-0.25, -0.2) is 9.97 Å². The number of hydrogen-bond acceptors (Lipinski definition) is 6. The zero-order valence-electron chi connectivity index (χ0n) is 17.9. The molecule has 3 aromatic rings. The first-order chi connectivity index (χ1) is 15.3. The summed E-state index contributed by atoms with van der Waals surface area (Å²) in [5, 5.41) is 0. The third-order valence-electron chi connectivity index (χ3n) is 5.97. The first kappa shape index (κ1) is 19.8. The van der Waals surface area contributed by atoms with Gasteiger partial charge in [0, 0.05) is 49.9 Å². The molecule has 6 heteroatoms. The van der Waals surface area contributed by atoms with E-state index >= 15 is 0 Å². The SMILES string of the molecule is COc1ccc(-c2cccc(CN3CCc4nc(C5=NCCCC5)ncc4C3)n2)cc1. The summed E-state index contributed by atoms with van der Waals surface area (Å²) in [6.07, 6.45) is 6.31. The fraction of sp³-hybridized carbons (Fsp3) is 0.360. The van der Waals surface area contributed by atoms with Crippen LogP contribution in [0.2, 0.25) is 0 Å². The van der Waals surface area contributed by atoms with Crippen molar-refractivity contribution in [3.63, 3.8) is 0 Å². The molecule has 2 aliphatic rings. The molecule has 2 aromatic heterocycles. The lowest BCUT2D eigenvalue weighted by atomic mass is 10.1. The number of ether oxygens (including phenoxy) is 1. The van der Waals surface area contributed by atoms with Crippen LogP contribution in [-0.2, 0) is 19.5 Å². The smallest absolute Gasteiger partial charge is 0.173 e. The first-order valence-electron chi connectivity index (χ1n) is 11.0. The van der Waals surface area contributed by atoms with E-state index in [-0.39, 0.29) is 0 Å². The molecule has 0 fully saturated rings. The quantitative estimate of drug-likeness (QED) is 0.631. The molecule has 2 aliphatic heterocycles. The minimum atomic E-state index is 0.817. The van der Waals surface area contributed by atoms with E-state index in [4.69, 9.17) is 14.7 Å². The second-order valence-electron chi connectivity index (χ2n) is 8.15. The second kappa shape index (κ2) is 8.94. The van der Waals surface area contributed by atoms with Crippen molar-refractivity contribution in [1.29, 1.82) is 0 Å². The summed E-state index contributed by atoms with van der Waals surface area (Å²) in [5.74, 6) is 1.69. The molecular formula is C25H27N5O. The summed E-state index contributed by atoms with van der Waals surface area (Å²) in [6, 6.07) is 14.3. The van der Waals surface area contributed by atoms with E-state index in [2.05, 4.69) is 33.1 Å². The van der Waals surface area contributed by atoms with Crippen LogP contribution in [0, 0.1) is 0 Å². The molecule has 31 heavy (non-hydrogen) atoms. The minimum Gasteiger partial charge on any atom is -0.497 e. The number of rotatable bonds is 5. The molecule has 0 unspecified atom stereocenters. The van der Waals surface area contributed by atoms with Crippen LogP contribution in [0.5, 0.6) is 5.75 Å². The number of fused-ring (bicyclic) bond motifs is 1. The number of nitrogens with zero attached hydrogens (tertiary/aromatic N) is 5. The Balaban J connectivity index is 1.28. The molecule has 0 bridgehead atoms. The Morgan fingerprint density at radius 3 is 2.71 bits per heavy atom. The lowest BCUT2D eigenvalue weighted by molar-refractivity contribution is 0.240. The van der Waals surface area contributed by atoms with Gasteiger partial charge in [0.1, 0.15) is 5.75 Å². The number of hydrogen-bond donors (Lipinski definition) is 0. The molecule has 0 aliphatic carbocycles. The van der Waals surface area contributed by atoms with E-state index in [1.54, 1.807) is 7.11 Å². The molecular weight excluding hydrogens is 386 g/mol. The van der Waals surface area contributed by atoms with Crippen LogP contribution in [0.4, 0.5) is 0 Å². The molecule has 5 rings (SSSR count). The topological polar surface area (TPSA) is 63.5 Å². The number of methoxy groups -OCH3 is 1. The molecule has 0 saturated carbocycles. The van der Waals surface area contributed by atoms with Crippen molar-refractivity contribution in [2.45, 2.75) is 38.8 Å². The number of aliphatic imine (C=N–C) groups is 1. The summed E-state index contributed by atoms with van der Waals surface area (Å²) in [4.78, 5) is 21.4. The first-order valence-corrected chi connectivity index (χ1v) is 11.0. The normalized spacial score (nSPS) is 16.5. The van der Waals surface area contributed by atoms with Gasteiger partial charge in [-0.05, 0) is 55.7 Å². The highest BCUT2D eigenvalue weighted by Gasteiger charge is 2.20. The zero-order valence-corrected chi connectivity index (χ0v) is 17.9. The Hall–Kier alpha value is -3.12. The predicted octanol–water partition coefficient (Wildman–Crippen LogP) is 4.08. The van der Waals surface area contributed by atoms with Gasteiger partial charge < -0.3 is 4.74 Å². The highest BCUT2D eigenvalue weighted by atomic mass is 16.5. The van der Waals surface area contributed by atoms with Gasteiger partial charge in [-0.15, -0.1) is 0 Å². The van der Waals surface area contributed by atoms with Crippen molar-refractivity contribution >= 4 is 5.71 Å². The predicted molar refractivity (Wildman–Crippen MR) is 121 cm³/mol. The third-order valence-corrected chi connectivity index (χ3v) is 5.97. The van der Waals surface area contributed by atoms with Crippen LogP contribution in [0.3, 0.4) is 0 Å². The van der Waals surface area contributed by atoms with Gasteiger partial charge in [0.25, 0.3) is 0 Å². The standard InChI is InChI=1S/C25H27N5O/c1-31-21-10-8-18(9-11-21)22-7-4-5-20(28-22)17-30-14-12-23-19(16-30)15-27-25(29-23)24-6-2-3-13-26-24/h4-5,7-11,15H,2-3,6,12-14,16-17H2,1H3. The van der Waals surface area contributed by atoms with Crippen molar-refractivity contribution in [2.24, 2.45) is 4.99 Å². The van der Waals surface area contributed by atoms with Crippen LogP contribution < -0.4 is 4.74 Å². The Morgan fingerprint density at radius 1 is 1.00 bits per heavy atom. The average molecular weight is 414 g/mol. The lowest BCUT2D eigenvalue weighted by Gasteiger charge is -2.28. The van der Waals surface area contributed by atoms with E-state index < -0.39 is 0 Å². The van der Waals surface area contributed by atoms with Crippen molar-refractivity contribution < 1.29 is 4.74 Å². The van der Waals surface area contributed by atoms with E-state index in [0.29, 0.717) is 0 Å². The van der Waals surface area contributed by atoms with E-state index in [9.17, 15) is 0 Å². The highest BCUT2D eigenvalue weighted by molar-refractivity contribution is 5.97. The molecule has 1 aromatic carbocycles. The molecule has 0 atom stereocenters. The van der Waals surface area contributed by atoms with E-state index in [1.807, 2.05) is 30.5 Å². The van der Waals surface area contributed by atoms with Gasteiger partial charge in [-0.1, -0.05) is 6.07 Å². The van der Waals surface area contributed by atoms with Crippen LogP contribution in [-0.4, -0.2) is 45.8 Å². The summed E-state index contributed by atoms with van der Waals surface area (Å²) < 4.78 is 5.26. The van der Waals surface area contributed by atoms with Crippen LogP contribution in [0.15, 0.2) is 53.7 Å². The third kappa shape index (κ3) is 4.49. The van der Waals surface area contributed by atoms with Gasteiger partial charge in [0.05, 0.1) is 29.9 Å². The molecule has 158 valence electrons. The Morgan fingerprint density at radius 2 is 1.90 bits per heavy atom. The van der Waals surface area contributed by atoms with Crippen LogP contribution in [0.1, 0.15) is 42.0 Å². The number of aromatic nitrogens is 3. The molecule has 6 nitrogen and oxygen atoms in total. The van der Waals surface area contributed by atoms with Crippen molar-refractivity contribution in [3.8, 4) is 17.0 Å². The number of benzene rings is 1. The molecule has 0 saturated heterocycles. The van der Waals surface area contributed by atoms with E-state index in [0.717, 1.165) is 73.3 Å². The maximum atomic E-state index is 5.26. The van der Waals surface area contributed by atoms with Crippen LogP contribution in [0.25, 0.3) is 11.3 Å². The molecule has 4 heterocycles. The highest BCUT2D eigenvalue weighted by Crippen LogP contribution is 2.23. The van der Waals surface area contributed by atoms with Gasteiger partial charge in [-0.3, -0.25) is 14.9 Å². The maximum Gasteiger partial charge on any atom is 0.173 e. The zero-order chi connectivity index (χ0) is 21.0. The molecule has 0 radical (unpaired) electrons. The van der Waals surface area contributed by atoms with Crippen molar-refractivity contribution in [1.82, 2.24) is 19.9 Å². The van der Waals surface area contributed by atoms with Crippen molar-refractivity contribution in [3.05, 3.63) is 71.4 Å². The van der Waals surface area contributed by atoms with Crippen LogP contribution >= 0.6 is 0 Å².